The lowest BCUT2D eigenvalue weighted by molar-refractivity contribution is 0.116. The maximum atomic E-state index is 10.5. The largest absolute Gasteiger partial charge is 0.496 e. The summed E-state index contributed by atoms with van der Waals surface area (Å²) in [6.45, 7) is 8.94. The Labute approximate surface area is 121 Å². The van der Waals surface area contributed by atoms with E-state index in [2.05, 4.69) is 17.1 Å². The molecule has 2 rings (SSSR count). The molecule has 0 spiro atoms. The Morgan fingerprint density at radius 1 is 1.25 bits per heavy atom. The summed E-state index contributed by atoms with van der Waals surface area (Å²) < 4.78 is 5.33. The van der Waals surface area contributed by atoms with Crippen LogP contribution in [0.15, 0.2) is 12.1 Å². The summed E-state index contributed by atoms with van der Waals surface area (Å²) in [5, 5.41) is 13.9. The molecule has 20 heavy (non-hydrogen) atoms. The third-order valence-electron chi connectivity index (χ3n) is 4.22. The molecule has 1 aliphatic heterocycles. The van der Waals surface area contributed by atoms with Crippen LogP contribution in [-0.2, 0) is 0 Å². The molecular formula is C16H26N2O2. The minimum atomic E-state index is -0.433. The Bertz CT molecular complexity index is 440. The number of aliphatic hydroxyl groups is 1. The summed E-state index contributed by atoms with van der Waals surface area (Å²) in [6.07, 6.45) is 0.713. The van der Waals surface area contributed by atoms with Gasteiger partial charge in [0.25, 0.3) is 0 Å². The van der Waals surface area contributed by atoms with Crippen LogP contribution in [0.4, 0.5) is 0 Å². The molecule has 4 nitrogen and oxygen atoms in total. The predicted molar refractivity (Wildman–Crippen MR) is 81.4 cm³/mol. The van der Waals surface area contributed by atoms with Crippen LogP contribution in [-0.4, -0.2) is 49.8 Å². The zero-order chi connectivity index (χ0) is 14.5. The maximum Gasteiger partial charge on any atom is 0.122 e. The van der Waals surface area contributed by atoms with Gasteiger partial charge in [-0.05, 0) is 56.1 Å². The van der Waals surface area contributed by atoms with Crippen LogP contribution >= 0.6 is 0 Å². The highest BCUT2D eigenvalue weighted by Gasteiger charge is 2.18. The van der Waals surface area contributed by atoms with Crippen LogP contribution in [0.25, 0.3) is 0 Å². The molecule has 1 aromatic rings. The fraction of sp³-hybridized carbons (Fsp3) is 0.625. The summed E-state index contributed by atoms with van der Waals surface area (Å²) in [7, 11) is 1.68. The average Bonchev–Trinajstić information content (AvgIpc) is 2.70. The van der Waals surface area contributed by atoms with Crippen molar-refractivity contribution in [2.24, 2.45) is 0 Å². The number of aliphatic hydroxyl groups excluding tert-OH is 1. The van der Waals surface area contributed by atoms with E-state index in [0.717, 1.165) is 55.0 Å². The van der Waals surface area contributed by atoms with E-state index in [4.69, 9.17) is 4.74 Å². The van der Waals surface area contributed by atoms with Gasteiger partial charge in [-0.25, -0.2) is 0 Å². The first-order valence-corrected chi connectivity index (χ1v) is 7.38. The molecule has 1 atom stereocenters. The first-order valence-electron chi connectivity index (χ1n) is 7.38. The average molecular weight is 278 g/mol. The maximum absolute atomic E-state index is 10.5. The normalized spacial score (nSPS) is 18.6. The monoisotopic (exact) mass is 278 g/mol. The van der Waals surface area contributed by atoms with E-state index in [1.165, 1.54) is 0 Å². The fourth-order valence-corrected chi connectivity index (χ4v) is 2.83. The lowest BCUT2D eigenvalue weighted by atomic mass is 9.98. The summed E-state index contributed by atoms with van der Waals surface area (Å²) in [4.78, 5) is 2.34. The number of methoxy groups -OCH3 is 1. The highest BCUT2D eigenvalue weighted by atomic mass is 16.5. The first-order chi connectivity index (χ1) is 9.63. The summed E-state index contributed by atoms with van der Waals surface area (Å²) in [5.74, 6) is 0.887. The van der Waals surface area contributed by atoms with Crippen molar-refractivity contribution in [3.8, 4) is 5.75 Å². The van der Waals surface area contributed by atoms with E-state index in [1.54, 1.807) is 7.11 Å². The molecule has 1 aliphatic rings. The predicted octanol–water partition coefficient (Wildman–Crippen LogP) is 1.64. The molecule has 2 N–H and O–H groups in total. The zero-order valence-corrected chi connectivity index (χ0v) is 12.8. The summed E-state index contributed by atoms with van der Waals surface area (Å²) >= 11 is 0. The van der Waals surface area contributed by atoms with Crippen molar-refractivity contribution in [1.82, 2.24) is 10.2 Å². The van der Waals surface area contributed by atoms with Gasteiger partial charge in [0.15, 0.2) is 0 Å². The van der Waals surface area contributed by atoms with Crippen LogP contribution in [0.1, 0.15) is 29.2 Å². The summed E-state index contributed by atoms with van der Waals surface area (Å²) in [5.41, 5.74) is 3.26. The highest BCUT2D eigenvalue weighted by Crippen LogP contribution is 2.28. The van der Waals surface area contributed by atoms with Gasteiger partial charge in [0.05, 0.1) is 13.2 Å². The van der Waals surface area contributed by atoms with Crippen molar-refractivity contribution in [2.45, 2.75) is 26.4 Å². The Morgan fingerprint density at radius 3 is 2.80 bits per heavy atom. The van der Waals surface area contributed by atoms with Gasteiger partial charge >= 0.3 is 0 Å². The lowest BCUT2D eigenvalue weighted by Crippen LogP contribution is -2.32. The zero-order valence-electron chi connectivity index (χ0n) is 12.8. The molecule has 1 saturated heterocycles. The second-order valence-electron chi connectivity index (χ2n) is 5.53. The van der Waals surface area contributed by atoms with Crippen LogP contribution in [0.2, 0.25) is 0 Å². The minimum absolute atomic E-state index is 0.433. The van der Waals surface area contributed by atoms with Gasteiger partial charge in [-0.3, -0.25) is 4.90 Å². The number of nitrogens with one attached hydrogen (secondary N) is 1. The molecule has 0 saturated carbocycles. The fourth-order valence-electron chi connectivity index (χ4n) is 2.83. The van der Waals surface area contributed by atoms with Crippen LogP contribution < -0.4 is 10.1 Å². The molecule has 0 amide bonds. The van der Waals surface area contributed by atoms with Gasteiger partial charge in [-0.2, -0.15) is 0 Å². The Hall–Kier alpha value is -1.10. The molecule has 1 heterocycles. The van der Waals surface area contributed by atoms with Gasteiger partial charge in [0.2, 0.25) is 0 Å². The van der Waals surface area contributed by atoms with E-state index < -0.39 is 6.10 Å². The van der Waals surface area contributed by atoms with Gasteiger partial charge in [-0.1, -0.05) is 6.07 Å². The van der Waals surface area contributed by atoms with Crippen molar-refractivity contribution in [2.75, 3.05) is 39.8 Å². The Kier molecular flexibility index (Phi) is 5.40. The molecule has 0 bridgehead atoms. The quantitative estimate of drug-likeness (QED) is 0.879. The van der Waals surface area contributed by atoms with Crippen molar-refractivity contribution in [3.05, 3.63) is 28.8 Å². The third kappa shape index (κ3) is 3.51. The van der Waals surface area contributed by atoms with Crippen molar-refractivity contribution >= 4 is 0 Å². The third-order valence-corrected chi connectivity index (χ3v) is 4.22. The molecule has 0 aliphatic carbocycles. The highest BCUT2D eigenvalue weighted by molar-refractivity contribution is 5.44. The van der Waals surface area contributed by atoms with E-state index in [9.17, 15) is 5.11 Å². The van der Waals surface area contributed by atoms with E-state index in [-0.39, 0.29) is 0 Å². The molecule has 0 radical (unpaired) electrons. The van der Waals surface area contributed by atoms with Gasteiger partial charge in [0.1, 0.15) is 5.75 Å². The van der Waals surface area contributed by atoms with Gasteiger partial charge < -0.3 is 15.2 Å². The minimum Gasteiger partial charge on any atom is -0.496 e. The number of nitrogens with zero attached hydrogens (tertiary/aromatic N) is 1. The summed E-state index contributed by atoms with van der Waals surface area (Å²) in [6, 6.07) is 3.94. The smallest absolute Gasteiger partial charge is 0.122 e. The molecular weight excluding hydrogens is 252 g/mol. The molecule has 1 fully saturated rings. The standard InChI is InChI=1S/C16H26N2O2/c1-12-13(2)16(20-3)6-5-14(12)15(19)11-18-9-4-7-17-8-10-18/h5-6,15,17,19H,4,7-11H2,1-3H3. The van der Waals surface area contributed by atoms with Crippen molar-refractivity contribution in [1.29, 1.82) is 0 Å². The second kappa shape index (κ2) is 7.07. The topological polar surface area (TPSA) is 44.7 Å². The van der Waals surface area contributed by atoms with E-state index in [0.29, 0.717) is 6.54 Å². The number of benzene rings is 1. The number of β-amino-alcohol motifs (C(OH)–C–C–N with tert-alkyl or cyclic N) is 1. The van der Waals surface area contributed by atoms with Crippen LogP contribution in [0, 0.1) is 13.8 Å². The first kappa shape index (κ1) is 15.3. The Balaban J connectivity index is 2.08. The second-order valence-corrected chi connectivity index (χ2v) is 5.53. The van der Waals surface area contributed by atoms with Gasteiger partial charge in [-0.15, -0.1) is 0 Å². The number of ether oxygens (including phenoxy) is 1. The van der Waals surface area contributed by atoms with Gasteiger partial charge in [0, 0.05) is 19.6 Å². The number of rotatable bonds is 4. The number of hydrogen-bond acceptors (Lipinski definition) is 4. The molecule has 4 heteroatoms. The molecule has 112 valence electrons. The SMILES string of the molecule is COc1ccc(C(O)CN2CCCNCC2)c(C)c1C. The lowest BCUT2D eigenvalue weighted by Gasteiger charge is -2.24. The van der Waals surface area contributed by atoms with Crippen LogP contribution in [0.3, 0.4) is 0 Å². The number of hydrogen-bond donors (Lipinski definition) is 2. The van der Waals surface area contributed by atoms with E-state index in [1.807, 2.05) is 19.1 Å². The van der Waals surface area contributed by atoms with E-state index >= 15 is 0 Å². The molecule has 1 aromatic carbocycles. The van der Waals surface area contributed by atoms with Crippen molar-refractivity contribution < 1.29 is 9.84 Å². The molecule has 0 aromatic heterocycles. The Morgan fingerprint density at radius 2 is 2.05 bits per heavy atom. The van der Waals surface area contributed by atoms with Crippen molar-refractivity contribution in [3.63, 3.8) is 0 Å². The molecule has 1 unspecified atom stereocenters. The van der Waals surface area contributed by atoms with Crippen LogP contribution in [0.5, 0.6) is 5.75 Å².